The molecular formula is C13H11N3OS. The van der Waals surface area contributed by atoms with Crippen LogP contribution < -0.4 is 4.74 Å². The van der Waals surface area contributed by atoms with Crippen molar-refractivity contribution >= 4 is 11.3 Å². The van der Waals surface area contributed by atoms with E-state index in [9.17, 15) is 0 Å². The van der Waals surface area contributed by atoms with Crippen molar-refractivity contribution in [3.05, 3.63) is 53.9 Å². The number of hydrogen-bond donors (Lipinski definition) is 1. The second-order valence-electron chi connectivity index (χ2n) is 3.71. The zero-order chi connectivity index (χ0) is 12.2. The Morgan fingerprint density at radius 2 is 2.11 bits per heavy atom. The van der Waals surface area contributed by atoms with Gasteiger partial charge in [0.05, 0.1) is 23.9 Å². The molecule has 0 aliphatic heterocycles. The molecule has 0 aliphatic rings. The third-order valence-corrected chi connectivity index (χ3v) is 3.33. The Labute approximate surface area is 108 Å². The van der Waals surface area contributed by atoms with E-state index in [1.54, 1.807) is 23.9 Å². The zero-order valence-corrected chi connectivity index (χ0v) is 10.4. The molecule has 0 atom stereocenters. The number of aromatic amines is 1. The summed E-state index contributed by atoms with van der Waals surface area (Å²) in [7, 11) is 0. The van der Waals surface area contributed by atoms with Crippen LogP contribution >= 0.6 is 11.3 Å². The average molecular weight is 257 g/mol. The average Bonchev–Trinajstić information content (AvgIpc) is 3.08. The van der Waals surface area contributed by atoms with Gasteiger partial charge in [-0.3, -0.25) is 0 Å². The van der Waals surface area contributed by atoms with Gasteiger partial charge in [-0.2, -0.15) is 0 Å². The third kappa shape index (κ3) is 2.41. The fourth-order valence-corrected chi connectivity index (χ4v) is 2.32. The highest BCUT2D eigenvalue weighted by atomic mass is 32.1. The first-order valence-corrected chi connectivity index (χ1v) is 6.41. The van der Waals surface area contributed by atoms with Crippen molar-refractivity contribution in [2.75, 3.05) is 0 Å². The minimum Gasteiger partial charge on any atom is -0.487 e. The summed E-state index contributed by atoms with van der Waals surface area (Å²) in [6.45, 7) is 0.481. The molecule has 18 heavy (non-hydrogen) atoms. The highest BCUT2D eigenvalue weighted by molar-refractivity contribution is 7.13. The van der Waals surface area contributed by atoms with Gasteiger partial charge < -0.3 is 9.72 Å². The van der Waals surface area contributed by atoms with Gasteiger partial charge in [-0.1, -0.05) is 18.2 Å². The monoisotopic (exact) mass is 257 g/mol. The molecule has 0 unspecified atom stereocenters. The fourth-order valence-electron chi connectivity index (χ4n) is 1.54. The first-order chi connectivity index (χ1) is 8.92. The van der Waals surface area contributed by atoms with Gasteiger partial charge in [-0.15, -0.1) is 11.3 Å². The van der Waals surface area contributed by atoms with Crippen LogP contribution in [0.1, 0.15) is 5.69 Å². The highest BCUT2D eigenvalue weighted by Crippen LogP contribution is 2.21. The number of para-hydroxylation sites is 1. The summed E-state index contributed by atoms with van der Waals surface area (Å²) in [5.74, 6) is 0.855. The standard InChI is InChI=1S/C13H11N3OS/c1-2-4-11(5-3-1)17-7-10-8-18-13(16-10)12-6-14-9-15-12/h1-6,8-9H,7H2,(H,14,15). The predicted octanol–water partition coefficient (Wildman–Crippen LogP) is 3.11. The van der Waals surface area contributed by atoms with E-state index >= 15 is 0 Å². The summed E-state index contributed by atoms with van der Waals surface area (Å²) < 4.78 is 5.64. The van der Waals surface area contributed by atoms with Crippen LogP contribution in [0.25, 0.3) is 10.7 Å². The maximum atomic E-state index is 5.64. The van der Waals surface area contributed by atoms with Crippen molar-refractivity contribution in [3.63, 3.8) is 0 Å². The quantitative estimate of drug-likeness (QED) is 0.781. The highest BCUT2D eigenvalue weighted by Gasteiger charge is 2.06. The van der Waals surface area contributed by atoms with Crippen LogP contribution in [0.4, 0.5) is 0 Å². The van der Waals surface area contributed by atoms with Gasteiger partial charge in [-0.25, -0.2) is 9.97 Å². The van der Waals surface area contributed by atoms with Crippen LogP contribution in [0.2, 0.25) is 0 Å². The van der Waals surface area contributed by atoms with E-state index in [0.717, 1.165) is 22.1 Å². The van der Waals surface area contributed by atoms with Gasteiger partial charge in [0.15, 0.2) is 0 Å². The molecule has 0 radical (unpaired) electrons. The summed E-state index contributed by atoms with van der Waals surface area (Å²) in [4.78, 5) is 11.5. The smallest absolute Gasteiger partial charge is 0.141 e. The Hall–Kier alpha value is -2.14. The number of nitrogens with zero attached hydrogens (tertiary/aromatic N) is 2. The molecule has 3 aromatic rings. The molecule has 0 aliphatic carbocycles. The molecule has 5 heteroatoms. The second-order valence-corrected chi connectivity index (χ2v) is 4.57. The van der Waals surface area contributed by atoms with Crippen LogP contribution in [-0.2, 0) is 6.61 Å². The van der Waals surface area contributed by atoms with Gasteiger partial charge >= 0.3 is 0 Å². The van der Waals surface area contributed by atoms with Crippen molar-refractivity contribution in [2.45, 2.75) is 6.61 Å². The lowest BCUT2D eigenvalue weighted by Gasteiger charge is -2.02. The van der Waals surface area contributed by atoms with Gasteiger partial charge in [-0.05, 0) is 12.1 Å². The number of benzene rings is 1. The van der Waals surface area contributed by atoms with Gasteiger partial charge in [0.2, 0.25) is 0 Å². The topological polar surface area (TPSA) is 50.8 Å². The first-order valence-electron chi connectivity index (χ1n) is 5.53. The lowest BCUT2D eigenvalue weighted by molar-refractivity contribution is 0.302. The Morgan fingerprint density at radius 1 is 1.22 bits per heavy atom. The van der Waals surface area contributed by atoms with E-state index in [0.29, 0.717) is 6.61 Å². The van der Waals surface area contributed by atoms with E-state index in [4.69, 9.17) is 4.74 Å². The molecule has 3 rings (SSSR count). The maximum absolute atomic E-state index is 5.64. The Kier molecular flexibility index (Phi) is 3.06. The molecule has 4 nitrogen and oxygen atoms in total. The molecule has 1 N–H and O–H groups in total. The number of thiazole rings is 1. The molecule has 2 heterocycles. The van der Waals surface area contributed by atoms with Crippen molar-refractivity contribution in [3.8, 4) is 16.5 Å². The Bertz CT molecular complexity index is 604. The lowest BCUT2D eigenvalue weighted by Crippen LogP contribution is -1.95. The van der Waals surface area contributed by atoms with E-state index in [-0.39, 0.29) is 0 Å². The first kappa shape index (κ1) is 11.0. The Balaban J connectivity index is 1.68. The number of rotatable bonds is 4. The second kappa shape index (κ2) is 5.01. The number of H-pyrrole nitrogens is 1. The molecule has 90 valence electrons. The van der Waals surface area contributed by atoms with Crippen LogP contribution in [0.3, 0.4) is 0 Å². The van der Waals surface area contributed by atoms with Gasteiger partial charge in [0, 0.05) is 5.38 Å². The minimum absolute atomic E-state index is 0.481. The SMILES string of the molecule is c1ccc(OCc2csc(-c3cnc[nH]3)n2)cc1. The molecule has 0 amide bonds. The number of nitrogens with one attached hydrogen (secondary N) is 1. The van der Waals surface area contributed by atoms with Crippen LogP contribution in [-0.4, -0.2) is 15.0 Å². The van der Waals surface area contributed by atoms with Crippen LogP contribution in [0.5, 0.6) is 5.75 Å². The minimum atomic E-state index is 0.481. The van der Waals surface area contributed by atoms with Crippen molar-refractivity contribution < 1.29 is 4.74 Å². The number of imidazole rings is 1. The molecule has 0 fully saturated rings. The Morgan fingerprint density at radius 3 is 2.89 bits per heavy atom. The molecule has 0 spiro atoms. The van der Waals surface area contributed by atoms with E-state index in [1.165, 1.54) is 0 Å². The van der Waals surface area contributed by atoms with Crippen molar-refractivity contribution in [2.24, 2.45) is 0 Å². The fraction of sp³-hybridized carbons (Fsp3) is 0.0769. The van der Waals surface area contributed by atoms with E-state index in [2.05, 4.69) is 15.0 Å². The number of aromatic nitrogens is 3. The molecular weight excluding hydrogens is 246 g/mol. The summed E-state index contributed by atoms with van der Waals surface area (Å²) in [6, 6.07) is 9.73. The summed E-state index contributed by atoms with van der Waals surface area (Å²) in [5, 5.41) is 2.93. The molecule has 0 saturated carbocycles. The number of hydrogen-bond acceptors (Lipinski definition) is 4. The molecule has 0 bridgehead atoms. The van der Waals surface area contributed by atoms with E-state index in [1.807, 2.05) is 35.7 Å². The predicted molar refractivity (Wildman–Crippen MR) is 70.5 cm³/mol. The van der Waals surface area contributed by atoms with Crippen LogP contribution in [0, 0.1) is 0 Å². The van der Waals surface area contributed by atoms with Gasteiger partial charge in [0.1, 0.15) is 17.4 Å². The molecule has 1 aromatic carbocycles. The lowest BCUT2D eigenvalue weighted by atomic mass is 10.3. The zero-order valence-electron chi connectivity index (χ0n) is 9.54. The summed E-state index contributed by atoms with van der Waals surface area (Å²) in [6.07, 6.45) is 3.41. The number of ether oxygens (including phenoxy) is 1. The van der Waals surface area contributed by atoms with E-state index < -0.39 is 0 Å². The summed E-state index contributed by atoms with van der Waals surface area (Å²) >= 11 is 1.58. The third-order valence-electron chi connectivity index (χ3n) is 2.41. The maximum Gasteiger partial charge on any atom is 0.141 e. The van der Waals surface area contributed by atoms with Crippen molar-refractivity contribution in [1.29, 1.82) is 0 Å². The molecule has 2 aromatic heterocycles. The van der Waals surface area contributed by atoms with Crippen LogP contribution in [0.15, 0.2) is 48.2 Å². The normalized spacial score (nSPS) is 10.4. The summed E-state index contributed by atoms with van der Waals surface area (Å²) in [5.41, 5.74) is 1.86. The largest absolute Gasteiger partial charge is 0.487 e. The van der Waals surface area contributed by atoms with Gasteiger partial charge in [0.25, 0.3) is 0 Å². The molecule has 0 saturated heterocycles. The van der Waals surface area contributed by atoms with Crippen molar-refractivity contribution in [1.82, 2.24) is 15.0 Å².